The van der Waals surface area contributed by atoms with Gasteiger partial charge in [0.05, 0.1) is 23.5 Å². The molecule has 0 aromatic heterocycles. The number of allylic oxidation sites excluding steroid dienone is 1. The van der Waals surface area contributed by atoms with E-state index in [1.54, 1.807) is 13.8 Å². The molecule has 0 fully saturated rings. The maximum Gasteiger partial charge on any atom is 0.345 e. The lowest BCUT2D eigenvalue weighted by Gasteiger charge is -2.46. The first kappa shape index (κ1) is 18.3. The molecule has 6 rings (SSSR count). The molecule has 2 bridgehead atoms. The second-order valence-corrected chi connectivity index (χ2v) is 8.39. The number of rotatable bonds is 4. The van der Waals surface area contributed by atoms with Crippen molar-refractivity contribution in [2.75, 3.05) is 13.2 Å². The molecule has 5 heteroatoms. The van der Waals surface area contributed by atoms with E-state index < -0.39 is 16.7 Å². The van der Waals surface area contributed by atoms with Crippen molar-refractivity contribution < 1.29 is 19.1 Å². The summed E-state index contributed by atoms with van der Waals surface area (Å²) in [6.07, 6.45) is 2.14. The van der Waals surface area contributed by atoms with Gasteiger partial charge in [-0.25, -0.2) is 9.59 Å². The number of thioether (sulfide) groups is 1. The van der Waals surface area contributed by atoms with Crippen molar-refractivity contribution in [2.24, 2.45) is 0 Å². The van der Waals surface area contributed by atoms with Gasteiger partial charge in [0, 0.05) is 5.92 Å². The predicted molar refractivity (Wildman–Crippen MR) is 111 cm³/mol. The van der Waals surface area contributed by atoms with Gasteiger partial charge in [-0.15, -0.1) is 0 Å². The van der Waals surface area contributed by atoms with E-state index in [2.05, 4.69) is 30.3 Å². The van der Waals surface area contributed by atoms with Crippen molar-refractivity contribution in [1.29, 1.82) is 0 Å². The van der Waals surface area contributed by atoms with Crippen molar-refractivity contribution >= 4 is 23.7 Å². The Balaban J connectivity index is 1.79. The normalized spacial score (nSPS) is 23.1. The Labute approximate surface area is 173 Å². The molecule has 146 valence electrons. The van der Waals surface area contributed by atoms with Gasteiger partial charge in [-0.05, 0) is 41.7 Å². The molecular formula is C24H20O4S. The fourth-order valence-electron chi connectivity index (χ4n) is 4.74. The lowest BCUT2D eigenvalue weighted by molar-refractivity contribution is -0.140. The molecule has 2 aromatic carbocycles. The third-order valence-electron chi connectivity index (χ3n) is 5.75. The van der Waals surface area contributed by atoms with Gasteiger partial charge in [-0.2, -0.15) is 0 Å². The van der Waals surface area contributed by atoms with Gasteiger partial charge < -0.3 is 9.47 Å². The number of hydrogen-bond acceptors (Lipinski definition) is 5. The van der Waals surface area contributed by atoms with Gasteiger partial charge in [0.25, 0.3) is 0 Å². The van der Waals surface area contributed by atoms with Crippen LogP contribution in [0.15, 0.2) is 70.7 Å². The van der Waals surface area contributed by atoms with Crippen LogP contribution >= 0.6 is 11.8 Å². The van der Waals surface area contributed by atoms with Gasteiger partial charge in [-0.3, -0.25) is 0 Å². The van der Waals surface area contributed by atoms with Crippen molar-refractivity contribution in [3.63, 3.8) is 0 Å². The Hall–Kier alpha value is -2.79. The largest absolute Gasteiger partial charge is 0.462 e. The standard InChI is InChI=1S/C24H20O4S/c1-3-27-22(25)20-19-13-16-14-9-5-7-11-17(14)24(19,18-12-8-6-10-15(16)18)29-21(20)23(26)28-4-2/h5-13,16H,3-4H2,1-2H3. The quantitative estimate of drug-likeness (QED) is 0.705. The zero-order valence-electron chi connectivity index (χ0n) is 16.2. The van der Waals surface area contributed by atoms with Gasteiger partial charge in [-0.1, -0.05) is 66.4 Å². The van der Waals surface area contributed by atoms with Crippen molar-refractivity contribution in [3.8, 4) is 0 Å². The third kappa shape index (κ3) is 2.34. The van der Waals surface area contributed by atoms with E-state index in [1.165, 1.54) is 22.9 Å². The first-order valence-corrected chi connectivity index (χ1v) is 10.6. The summed E-state index contributed by atoms with van der Waals surface area (Å²) in [5, 5.41) is 0. The number of carbonyl (C=O) groups excluding carboxylic acids is 2. The Morgan fingerprint density at radius 2 is 1.45 bits per heavy atom. The number of ether oxygens (including phenoxy) is 2. The highest BCUT2D eigenvalue weighted by molar-refractivity contribution is 8.05. The average molecular weight is 404 g/mol. The molecule has 0 radical (unpaired) electrons. The van der Waals surface area contributed by atoms with E-state index >= 15 is 0 Å². The molecule has 0 N–H and O–H groups in total. The Morgan fingerprint density at radius 1 is 0.897 bits per heavy atom. The van der Waals surface area contributed by atoms with Crippen LogP contribution in [-0.4, -0.2) is 25.2 Å². The summed E-state index contributed by atoms with van der Waals surface area (Å²) in [6, 6.07) is 16.6. The molecule has 0 atom stereocenters. The number of carbonyl (C=O) groups is 2. The maximum atomic E-state index is 13.0. The molecule has 0 amide bonds. The first-order chi connectivity index (χ1) is 14.1. The molecule has 29 heavy (non-hydrogen) atoms. The zero-order valence-corrected chi connectivity index (χ0v) is 17.0. The van der Waals surface area contributed by atoms with Crippen LogP contribution < -0.4 is 0 Å². The highest BCUT2D eigenvalue weighted by Crippen LogP contribution is 2.68. The molecule has 2 aromatic rings. The van der Waals surface area contributed by atoms with Crippen LogP contribution in [0.1, 0.15) is 42.0 Å². The highest BCUT2D eigenvalue weighted by Gasteiger charge is 2.58. The number of esters is 2. The zero-order chi connectivity index (χ0) is 20.2. The van der Waals surface area contributed by atoms with E-state index in [4.69, 9.17) is 9.47 Å². The Bertz CT molecular complexity index is 1060. The summed E-state index contributed by atoms with van der Waals surface area (Å²) in [6.45, 7) is 4.04. The smallest absolute Gasteiger partial charge is 0.345 e. The van der Waals surface area contributed by atoms with E-state index in [0.717, 1.165) is 16.7 Å². The minimum Gasteiger partial charge on any atom is -0.462 e. The molecule has 0 saturated heterocycles. The van der Waals surface area contributed by atoms with Crippen LogP contribution in [0.3, 0.4) is 0 Å². The molecule has 1 heterocycles. The fourth-order valence-corrected chi connectivity index (χ4v) is 6.36. The lowest BCUT2D eigenvalue weighted by atomic mass is 9.62. The van der Waals surface area contributed by atoms with Gasteiger partial charge in [0.15, 0.2) is 0 Å². The molecule has 0 unspecified atom stereocenters. The first-order valence-electron chi connectivity index (χ1n) is 9.82. The summed E-state index contributed by atoms with van der Waals surface area (Å²) in [5.41, 5.74) is 5.90. The van der Waals surface area contributed by atoms with Crippen molar-refractivity contribution in [3.05, 3.63) is 92.9 Å². The minimum absolute atomic E-state index is 0.0471. The van der Waals surface area contributed by atoms with Crippen LogP contribution in [0, 0.1) is 0 Å². The second-order valence-electron chi connectivity index (χ2n) is 7.16. The highest BCUT2D eigenvalue weighted by atomic mass is 32.2. The summed E-state index contributed by atoms with van der Waals surface area (Å²) >= 11 is 1.41. The topological polar surface area (TPSA) is 52.6 Å². The minimum atomic E-state index is -0.633. The Morgan fingerprint density at radius 3 is 2.03 bits per heavy atom. The summed E-state index contributed by atoms with van der Waals surface area (Å²) < 4.78 is 10.0. The van der Waals surface area contributed by atoms with E-state index in [9.17, 15) is 9.59 Å². The average Bonchev–Trinajstić information content (AvgIpc) is 3.11. The van der Waals surface area contributed by atoms with E-state index in [0.29, 0.717) is 10.5 Å². The lowest BCUT2D eigenvalue weighted by Crippen LogP contribution is -2.37. The van der Waals surface area contributed by atoms with Crippen LogP contribution in [0.2, 0.25) is 0 Å². The number of benzene rings is 2. The molecule has 3 aliphatic carbocycles. The van der Waals surface area contributed by atoms with Crippen LogP contribution in [0.4, 0.5) is 0 Å². The van der Waals surface area contributed by atoms with Gasteiger partial charge >= 0.3 is 11.9 Å². The summed E-state index contributed by atoms with van der Waals surface area (Å²) in [4.78, 5) is 26.2. The Kier molecular flexibility index (Phi) is 4.17. The summed E-state index contributed by atoms with van der Waals surface area (Å²) in [5.74, 6) is -0.886. The molecule has 1 aliphatic heterocycles. The SMILES string of the molecule is CCOC(=O)C1=C(C(=O)OCC)C2=CC3c4ccccc4C2(S1)c1ccccc13. The van der Waals surface area contributed by atoms with Crippen LogP contribution in [-0.2, 0) is 23.8 Å². The van der Waals surface area contributed by atoms with Gasteiger partial charge in [0.1, 0.15) is 4.91 Å². The molecule has 4 nitrogen and oxygen atoms in total. The molecule has 0 saturated carbocycles. The monoisotopic (exact) mass is 404 g/mol. The van der Waals surface area contributed by atoms with E-state index in [1.807, 2.05) is 24.3 Å². The second kappa shape index (κ2) is 6.63. The van der Waals surface area contributed by atoms with Crippen LogP contribution in [0.25, 0.3) is 0 Å². The summed E-state index contributed by atoms with van der Waals surface area (Å²) in [7, 11) is 0. The van der Waals surface area contributed by atoms with E-state index in [-0.39, 0.29) is 19.1 Å². The molecule has 1 spiro atoms. The van der Waals surface area contributed by atoms with Gasteiger partial charge in [0.2, 0.25) is 0 Å². The molecule has 4 aliphatic rings. The molecular weight excluding hydrogens is 384 g/mol. The van der Waals surface area contributed by atoms with Crippen molar-refractivity contribution in [1.82, 2.24) is 0 Å². The predicted octanol–water partition coefficient (Wildman–Crippen LogP) is 4.44. The fraction of sp³-hybridized carbons (Fsp3) is 0.250. The van der Waals surface area contributed by atoms with Crippen molar-refractivity contribution in [2.45, 2.75) is 24.5 Å². The maximum absolute atomic E-state index is 13.0. The third-order valence-corrected chi connectivity index (χ3v) is 7.30. The van der Waals surface area contributed by atoms with Crippen LogP contribution in [0.5, 0.6) is 0 Å². The number of hydrogen-bond donors (Lipinski definition) is 0.